The van der Waals surface area contributed by atoms with Crippen molar-refractivity contribution in [1.82, 2.24) is 14.8 Å². The highest BCUT2D eigenvalue weighted by molar-refractivity contribution is 7.27. The number of thiazole rings is 1. The second-order valence-corrected chi connectivity index (χ2v) is 10.1. The first-order valence-electron chi connectivity index (χ1n) is 11.1. The molecule has 0 amide bonds. The molecule has 10 heteroatoms. The van der Waals surface area contributed by atoms with Gasteiger partial charge in [0.25, 0.3) is 0 Å². The Balaban J connectivity index is 1.64. The standard InChI is InChI=1S/C23H26ClN4O3PS/c1-2-31-23(29)19-18-11-14(27-6-8-30-9-7-27)13-28(18)21(22-25-5-10-33-22)26-20(19)16-4-3-15(32)12-17(16)24/h3-5,10,12,14,20H,2,6-9,11,13,32H2,1H3/t14-,20-/m0/s1. The first-order valence-corrected chi connectivity index (χ1v) is 12.9. The summed E-state index contributed by atoms with van der Waals surface area (Å²) in [6.07, 6.45) is 2.53. The van der Waals surface area contributed by atoms with E-state index in [9.17, 15) is 4.79 Å². The molecule has 2 saturated heterocycles. The van der Waals surface area contributed by atoms with Crippen molar-refractivity contribution in [2.24, 2.45) is 4.99 Å². The summed E-state index contributed by atoms with van der Waals surface area (Å²) < 4.78 is 11.1. The second-order valence-electron chi connectivity index (χ2n) is 8.17. The maximum atomic E-state index is 13.3. The lowest BCUT2D eigenvalue weighted by atomic mass is 9.94. The summed E-state index contributed by atoms with van der Waals surface area (Å²) in [5.74, 6) is 0.456. The Labute approximate surface area is 204 Å². The number of nitrogens with zero attached hydrogens (tertiary/aromatic N) is 4. The number of hydrogen-bond acceptors (Lipinski definition) is 8. The number of aliphatic imine (C=N–C) groups is 1. The van der Waals surface area contributed by atoms with Crippen LogP contribution in [0.5, 0.6) is 0 Å². The fourth-order valence-electron chi connectivity index (χ4n) is 4.72. The van der Waals surface area contributed by atoms with E-state index < -0.39 is 6.04 Å². The number of benzene rings is 1. The highest BCUT2D eigenvalue weighted by Gasteiger charge is 2.44. The number of amidine groups is 1. The van der Waals surface area contributed by atoms with E-state index in [-0.39, 0.29) is 12.0 Å². The Morgan fingerprint density at radius 3 is 2.88 bits per heavy atom. The third kappa shape index (κ3) is 4.47. The Bertz CT molecular complexity index is 1100. The van der Waals surface area contributed by atoms with E-state index in [1.54, 1.807) is 17.5 Å². The quantitative estimate of drug-likeness (QED) is 0.460. The third-order valence-corrected chi connectivity index (χ3v) is 7.70. The first-order chi connectivity index (χ1) is 16.1. The van der Waals surface area contributed by atoms with Crippen LogP contribution in [0.15, 0.2) is 46.0 Å². The molecule has 0 spiro atoms. The molecule has 7 nitrogen and oxygen atoms in total. The molecule has 1 unspecified atom stereocenters. The Morgan fingerprint density at radius 1 is 1.36 bits per heavy atom. The number of carbonyl (C=O) groups excluding carboxylic acids is 1. The van der Waals surface area contributed by atoms with Gasteiger partial charge in [-0.15, -0.1) is 20.6 Å². The number of fused-ring (bicyclic) bond motifs is 1. The van der Waals surface area contributed by atoms with Gasteiger partial charge in [-0.3, -0.25) is 9.89 Å². The fourth-order valence-corrected chi connectivity index (χ4v) is 6.02. The van der Waals surface area contributed by atoms with Gasteiger partial charge in [0, 0.05) is 60.0 Å². The molecule has 0 aliphatic carbocycles. The number of ether oxygens (including phenoxy) is 2. The minimum Gasteiger partial charge on any atom is -0.463 e. The zero-order valence-corrected chi connectivity index (χ0v) is 21.1. The molecule has 0 saturated carbocycles. The lowest BCUT2D eigenvalue weighted by molar-refractivity contribution is -0.139. The number of rotatable bonds is 5. The summed E-state index contributed by atoms with van der Waals surface area (Å²) in [5, 5.41) is 4.34. The molecule has 2 aromatic rings. The van der Waals surface area contributed by atoms with Crippen molar-refractivity contribution < 1.29 is 14.3 Å². The molecule has 5 rings (SSSR count). The van der Waals surface area contributed by atoms with Crippen molar-refractivity contribution in [2.45, 2.75) is 25.4 Å². The van der Waals surface area contributed by atoms with E-state index in [0.29, 0.717) is 17.2 Å². The highest BCUT2D eigenvalue weighted by atomic mass is 35.5. The van der Waals surface area contributed by atoms with E-state index >= 15 is 0 Å². The van der Waals surface area contributed by atoms with Crippen LogP contribution in [0.1, 0.15) is 30.0 Å². The van der Waals surface area contributed by atoms with Gasteiger partial charge in [-0.2, -0.15) is 0 Å². The van der Waals surface area contributed by atoms with E-state index in [1.807, 2.05) is 30.5 Å². The van der Waals surface area contributed by atoms with Crippen LogP contribution >= 0.6 is 32.2 Å². The number of morpholine rings is 1. The van der Waals surface area contributed by atoms with Crippen LogP contribution in [0.4, 0.5) is 0 Å². The predicted molar refractivity (Wildman–Crippen MR) is 133 cm³/mol. The molecule has 33 heavy (non-hydrogen) atoms. The molecule has 3 atom stereocenters. The van der Waals surface area contributed by atoms with Crippen LogP contribution in [0.2, 0.25) is 5.02 Å². The van der Waals surface area contributed by atoms with Gasteiger partial charge in [-0.25, -0.2) is 9.78 Å². The van der Waals surface area contributed by atoms with Gasteiger partial charge in [0.1, 0.15) is 6.04 Å². The van der Waals surface area contributed by atoms with Gasteiger partial charge in [-0.05, 0) is 18.3 Å². The normalized spacial score (nSPS) is 23.5. The van der Waals surface area contributed by atoms with E-state index in [0.717, 1.165) is 66.7 Å². The van der Waals surface area contributed by atoms with Crippen molar-refractivity contribution in [1.29, 1.82) is 0 Å². The minimum atomic E-state index is -0.546. The number of halogens is 1. The molecule has 3 aliphatic heterocycles. The number of esters is 1. The lowest BCUT2D eigenvalue weighted by Gasteiger charge is -2.33. The average Bonchev–Trinajstić information content (AvgIpc) is 3.49. The molecule has 0 bridgehead atoms. The second kappa shape index (κ2) is 9.80. The molecule has 0 radical (unpaired) electrons. The van der Waals surface area contributed by atoms with Crippen LogP contribution < -0.4 is 5.30 Å². The SMILES string of the molecule is CCOC(=O)C1=C2C[C@H](N3CCOCC3)CN2C(c2nccs2)=N[C@H]1c1ccc(P)cc1Cl. The van der Waals surface area contributed by atoms with E-state index in [4.69, 9.17) is 26.1 Å². The smallest absolute Gasteiger partial charge is 0.338 e. The van der Waals surface area contributed by atoms with Crippen LogP contribution in [-0.4, -0.2) is 72.1 Å². The average molecular weight is 505 g/mol. The monoisotopic (exact) mass is 504 g/mol. The van der Waals surface area contributed by atoms with Gasteiger partial charge < -0.3 is 14.4 Å². The van der Waals surface area contributed by atoms with Crippen molar-refractivity contribution in [3.8, 4) is 0 Å². The molecule has 174 valence electrons. The zero-order valence-electron chi connectivity index (χ0n) is 18.4. The third-order valence-electron chi connectivity index (χ3n) is 6.24. The molecule has 1 aromatic heterocycles. The van der Waals surface area contributed by atoms with Gasteiger partial charge >= 0.3 is 5.97 Å². The van der Waals surface area contributed by atoms with E-state index in [2.05, 4.69) is 24.0 Å². The highest BCUT2D eigenvalue weighted by Crippen LogP contribution is 2.43. The van der Waals surface area contributed by atoms with Gasteiger partial charge in [0.2, 0.25) is 0 Å². The van der Waals surface area contributed by atoms with Crippen molar-refractivity contribution in [3.05, 3.63) is 56.6 Å². The Kier molecular flexibility index (Phi) is 6.81. The largest absolute Gasteiger partial charge is 0.463 e. The van der Waals surface area contributed by atoms with Crippen LogP contribution in [-0.2, 0) is 14.3 Å². The lowest BCUT2D eigenvalue weighted by Crippen LogP contribution is -2.45. The van der Waals surface area contributed by atoms with Gasteiger partial charge in [0.15, 0.2) is 10.8 Å². The number of aromatic nitrogens is 1. The Hall–Kier alpha value is -1.83. The molecule has 3 aliphatic rings. The molecule has 2 fully saturated rings. The summed E-state index contributed by atoms with van der Waals surface area (Å²) in [5.41, 5.74) is 2.33. The summed E-state index contributed by atoms with van der Waals surface area (Å²) in [6.45, 7) is 6.10. The molecular weight excluding hydrogens is 479 g/mol. The predicted octanol–water partition coefficient (Wildman–Crippen LogP) is 3.02. The number of hydrogen-bond donors (Lipinski definition) is 0. The van der Waals surface area contributed by atoms with Crippen molar-refractivity contribution in [3.63, 3.8) is 0 Å². The molecule has 1 aromatic carbocycles. The zero-order chi connectivity index (χ0) is 22.9. The first kappa shape index (κ1) is 22.9. The van der Waals surface area contributed by atoms with E-state index in [1.165, 1.54) is 0 Å². The molecular formula is C23H26ClN4O3PS. The van der Waals surface area contributed by atoms with Crippen LogP contribution in [0.25, 0.3) is 0 Å². The van der Waals surface area contributed by atoms with Crippen molar-refractivity contribution >= 4 is 49.3 Å². The molecule has 4 heterocycles. The minimum absolute atomic E-state index is 0.266. The van der Waals surface area contributed by atoms with Gasteiger partial charge in [-0.1, -0.05) is 23.7 Å². The van der Waals surface area contributed by atoms with Crippen LogP contribution in [0.3, 0.4) is 0 Å². The number of carbonyl (C=O) groups is 1. The Morgan fingerprint density at radius 2 is 2.18 bits per heavy atom. The topological polar surface area (TPSA) is 67.3 Å². The molecule has 0 N–H and O–H groups in total. The van der Waals surface area contributed by atoms with Crippen molar-refractivity contribution in [2.75, 3.05) is 39.5 Å². The van der Waals surface area contributed by atoms with Gasteiger partial charge in [0.05, 0.1) is 25.4 Å². The van der Waals surface area contributed by atoms with Crippen LogP contribution in [0, 0.1) is 0 Å². The fraction of sp³-hybridized carbons (Fsp3) is 0.435. The summed E-state index contributed by atoms with van der Waals surface area (Å²) in [7, 11) is 2.65. The maximum absolute atomic E-state index is 13.3. The summed E-state index contributed by atoms with van der Waals surface area (Å²) in [6, 6.07) is 5.51. The maximum Gasteiger partial charge on any atom is 0.338 e. The summed E-state index contributed by atoms with van der Waals surface area (Å²) in [4.78, 5) is 27.6. The summed E-state index contributed by atoms with van der Waals surface area (Å²) >= 11 is 8.22.